The maximum absolute atomic E-state index is 11.4. The molecule has 1 aromatic rings. The second-order valence-electron chi connectivity index (χ2n) is 5.75. The summed E-state index contributed by atoms with van der Waals surface area (Å²) in [6.07, 6.45) is -0.440. The van der Waals surface area contributed by atoms with Crippen LogP contribution >= 0.6 is 0 Å². The van der Waals surface area contributed by atoms with Crippen molar-refractivity contribution in [2.75, 3.05) is 18.4 Å². The van der Waals surface area contributed by atoms with Gasteiger partial charge in [-0.25, -0.2) is 4.79 Å². The molecule has 0 spiro atoms. The fraction of sp³-hybridized carbons (Fsp3) is 0.467. The highest BCUT2D eigenvalue weighted by molar-refractivity contribution is 5.93. The third kappa shape index (κ3) is 6.16. The maximum Gasteiger partial charge on any atom is 0.407 e. The van der Waals surface area contributed by atoms with Crippen LogP contribution in [0.3, 0.4) is 0 Å². The molecular weight excluding hydrogens is 270 g/mol. The van der Waals surface area contributed by atoms with Crippen molar-refractivity contribution >= 4 is 17.7 Å². The van der Waals surface area contributed by atoms with Crippen LogP contribution in [0, 0.1) is 6.92 Å². The summed E-state index contributed by atoms with van der Waals surface area (Å²) in [6.45, 7) is 8.31. The summed E-state index contributed by atoms with van der Waals surface area (Å²) in [4.78, 5) is 22.5. The SMILES string of the molecule is Cc1cc(C(N)=O)ccc1NCCNC(=O)OC(C)(C)C. The van der Waals surface area contributed by atoms with E-state index in [9.17, 15) is 9.59 Å². The van der Waals surface area contributed by atoms with E-state index in [1.807, 2.05) is 27.7 Å². The Labute approximate surface area is 125 Å². The minimum absolute atomic E-state index is 0.436. The molecule has 0 fully saturated rings. The number of carbonyl (C=O) groups is 2. The molecule has 2 amide bonds. The fourth-order valence-corrected chi connectivity index (χ4v) is 1.69. The Morgan fingerprint density at radius 3 is 2.43 bits per heavy atom. The van der Waals surface area contributed by atoms with Crippen LogP contribution in [0.4, 0.5) is 10.5 Å². The van der Waals surface area contributed by atoms with Gasteiger partial charge >= 0.3 is 6.09 Å². The second kappa shape index (κ2) is 6.97. The molecule has 0 radical (unpaired) electrons. The Morgan fingerprint density at radius 1 is 1.24 bits per heavy atom. The number of benzene rings is 1. The molecule has 1 aromatic carbocycles. The summed E-state index contributed by atoms with van der Waals surface area (Å²) >= 11 is 0. The largest absolute Gasteiger partial charge is 0.444 e. The molecule has 0 heterocycles. The number of primary amides is 1. The van der Waals surface area contributed by atoms with Crippen molar-refractivity contribution in [1.29, 1.82) is 0 Å². The van der Waals surface area contributed by atoms with Gasteiger partial charge < -0.3 is 21.1 Å². The minimum atomic E-state index is -0.501. The zero-order chi connectivity index (χ0) is 16.0. The number of alkyl carbamates (subject to hydrolysis) is 1. The average Bonchev–Trinajstić information content (AvgIpc) is 2.33. The van der Waals surface area contributed by atoms with E-state index in [2.05, 4.69) is 10.6 Å². The Kier molecular flexibility index (Phi) is 5.58. The zero-order valence-electron chi connectivity index (χ0n) is 12.9. The standard InChI is InChI=1S/C15H23N3O3/c1-10-9-11(13(16)19)5-6-12(10)17-7-8-18-14(20)21-15(2,3)4/h5-6,9,17H,7-8H2,1-4H3,(H2,16,19)(H,18,20). The van der Waals surface area contributed by atoms with Crippen molar-refractivity contribution in [2.24, 2.45) is 5.73 Å². The summed E-state index contributed by atoms with van der Waals surface area (Å²) in [5.74, 6) is -0.448. The van der Waals surface area contributed by atoms with Gasteiger partial charge in [-0.3, -0.25) is 4.79 Å². The molecule has 0 bridgehead atoms. The van der Waals surface area contributed by atoms with Crippen LogP contribution in [-0.4, -0.2) is 30.7 Å². The van der Waals surface area contributed by atoms with Gasteiger partial charge in [0.05, 0.1) is 0 Å². The number of hydrogen-bond donors (Lipinski definition) is 3. The van der Waals surface area contributed by atoms with Crippen molar-refractivity contribution in [3.8, 4) is 0 Å². The van der Waals surface area contributed by atoms with Crippen molar-refractivity contribution in [2.45, 2.75) is 33.3 Å². The predicted octanol–water partition coefficient (Wildman–Crippen LogP) is 2.03. The van der Waals surface area contributed by atoms with Gasteiger partial charge in [0, 0.05) is 24.3 Å². The van der Waals surface area contributed by atoms with Crippen LogP contribution in [0.1, 0.15) is 36.7 Å². The molecule has 6 nitrogen and oxygen atoms in total. The molecule has 0 saturated carbocycles. The van der Waals surface area contributed by atoms with Gasteiger partial charge in [0.1, 0.15) is 5.60 Å². The van der Waals surface area contributed by atoms with Crippen molar-refractivity contribution in [1.82, 2.24) is 5.32 Å². The molecule has 1 rings (SSSR count). The number of nitrogens with one attached hydrogen (secondary N) is 2. The molecule has 6 heteroatoms. The molecule has 0 aliphatic rings. The molecule has 21 heavy (non-hydrogen) atoms. The number of nitrogens with two attached hydrogens (primary N) is 1. The summed E-state index contributed by atoms with van der Waals surface area (Å²) in [6, 6.07) is 5.19. The monoisotopic (exact) mass is 293 g/mol. The minimum Gasteiger partial charge on any atom is -0.444 e. The Hall–Kier alpha value is -2.24. The Morgan fingerprint density at radius 2 is 1.90 bits per heavy atom. The van der Waals surface area contributed by atoms with Crippen LogP contribution in [0.15, 0.2) is 18.2 Å². The third-order valence-electron chi connectivity index (χ3n) is 2.62. The average molecular weight is 293 g/mol. The third-order valence-corrected chi connectivity index (χ3v) is 2.62. The van der Waals surface area contributed by atoms with Crippen molar-refractivity contribution in [3.05, 3.63) is 29.3 Å². The van der Waals surface area contributed by atoms with Crippen molar-refractivity contribution < 1.29 is 14.3 Å². The van der Waals surface area contributed by atoms with Crippen molar-refractivity contribution in [3.63, 3.8) is 0 Å². The number of carbonyl (C=O) groups excluding carboxylic acids is 2. The number of rotatable bonds is 5. The lowest BCUT2D eigenvalue weighted by Crippen LogP contribution is -2.35. The first-order valence-electron chi connectivity index (χ1n) is 6.80. The first kappa shape index (κ1) is 16.8. The fourth-order valence-electron chi connectivity index (χ4n) is 1.69. The zero-order valence-corrected chi connectivity index (χ0v) is 12.9. The Balaban J connectivity index is 2.40. The predicted molar refractivity (Wildman–Crippen MR) is 82.4 cm³/mol. The number of anilines is 1. The molecule has 0 aliphatic heterocycles. The second-order valence-corrected chi connectivity index (χ2v) is 5.75. The summed E-state index contributed by atoms with van der Waals surface area (Å²) in [5, 5.41) is 5.84. The van der Waals surface area contributed by atoms with Gasteiger partial charge in [0.25, 0.3) is 0 Å². The Bertz CT molecular complexity index is 521. The van der Waals surface area contributed by atoms with Gasteiger partial charge in [-0.05, 0) is 51.5 Å². The lowest BCUT2D eigenvalue weighted by molar-refractivity contribution is 0.0530. The highest BCUT2D eigenvalue weighted by atomic mass is 16.6. The van der Waals surface area contributed by atoms with Crippen LogP contribution in [0.5, 0.6) is 0 Å². The molecule has 0 atom stereocenters. The van der Waals surface area contributed by atoms with Crippen LogP contribution < -0.4 is 16.4 Å². The van der Waals surface area contributed by atoms with Crippen LogP contribution in [0.25, 0.3) is 0 Å². The van der Waals surface area contributed by atoms with Gasteiger partial charge in [-0.1, -0.05) is 0 Å². The highest BCUT2D eigenvalue weighted by Crippen LogP contribution is 2.15. The molecule has 0 unspecified atom stereocenters. The number of hydrogen-bond acceptors (Lipinski definition) is 4. The van der Waals surface area contributed by atoms with E-state index in [0.717, 1.165) is 11.3 Å². The van der Waals surface area contributed by atoms with Crippen LogP contribution in [-0.2, 0) is 4.74 Å². The summed E-state index contributed by atoms with van der Waals surface area (Å²) in [5.41, 5.74) is 7.01. The van der Waals surface area contributed by atoms with E-state index in [4.69, 9.17) is 10.5 Å². The molecular formula is C15H23N3O3. The number of aryl methyl sites for hydroxylation is 1. The molecule has 116 valence electrons. The lowest BCUT2D eigenvalue weighted by atomic mass is 10.1. The number of ether oxygens (including phenoxy) is 1. The molecule has 4 N–H and O–H groups in total. The van der Waals surface area contributed by atoms with E-state index < -0.39 is 17.6 Å². The normalized spacial score (nSPS) is 10.9. The topological polar surface area (TPSA) is 93.5 Å². The summed E-state index contributed by atoms with van der Waals surface area (Å²) in [7, 11) is 0. The van der Waals surface area contributed by atoms with Crippen LogP contribution in [0.2, 0.25) is 0 Å². The highest BCUT2D eigenvalue weighted by Gasteiger charge is 2.15. The lowest BCUT2D eigenvalue weighted by Gasteiger charge is -2.19. The maximum atomic E-state index is 11.4. The van der Waals surface area contributed by atoms with Gasteiger partial charge in [-0.2, -0.15) is 0 Å². The first-order chi connectivity index (χ1) is 9.69. The van der Waals surface area contributed by atoms with Gasteiger partial charge in [0.2, 0.25) is 5.91 Å². The summed E-state index contributed by atoms with van der Waals surface area (Å²) < 4.78 is 5.13. The van der Waals surface area contributed by atoms with E-state index in [-0.39, 0.29) is 0 Å². The van der Waals surface area contributed by atoms with E-state index in [1.54, 1.807) is 18.2 Å². The smallest absolute Gasteiger partial charge is 0.407 e. The molecule has 0 saturated heterocycles. The molecule has 0 aromatic heterocycles. The molecule has 0 aliphatic carbocycles. The van der Waals surface area contributed by atoms with E-state index in [0.29, 0.717) is 18.7 Å². The quantitative estimate of drug-likeness (QED) is 0.724. The number of amides is 2. The van der Waals surface area contributed by atoms with Gasteiger partial charge in [-0.15, -0.1) is 0 Å². The first-order valence-corrected chi connectivity index (χ1v) is 6.80. The van der Waals surface area contributed by atoms with E-state index in [1.165, 1.54) is 0 Å². The van der Waals surface area contributed by atoms with E-state index >= 15 is 0 Å². The van der Waals surface area contributed by atoms with Gasteiger partial charge in [0.15, 0.2) is 0 Å².